The van der Waals surface area contributed by atoms with Crippen molar-refractivity contribution in [3.63, 3.8) is 0 Å². The first-order chi connectivity index (χ1) is 16.2. The van der Waals surface area contributed by atoms with Gasteiger partial charge in [-0.15, -0.1) is 0 Å². The molecule has 0 unspecified atom stereocenters. The van der Waals surface area contributed by atoms with Crippen LogP contribution in [0.2, 0.25) is 0 Å². The van der Waals surface area contributed by atoms with Gasteiger partial charge in [0.05, 0.1) is 11.4 Å². The fourth-order valence-corrected chi connectivity index (χ4v) is 3.26. The number of halogens is 3. The molecule has 0 aliphatic heterocycles. The van der Waals surface area contributed by atoms with Gasteiger partial charge in [-0.1, -0.05) is 48.0 Å². The Bertz CT molecular complexity index is 1310. The minimum Gasteiger partial charge on any atom is -0.308 e. The predicted molar refractivity (Wildman–Crippen MR) is 122 cm³/mol. The molecule has 3 aromatic carbocycles. The first-order valence-corrected chi connectivity index (χ1v) is 10.2. The Hall–Kier alpha value is -4.40. The van der Waals surface area contributed by atoms with Gasteiger partial charge in [-0.2, -0.15) is 18.3 Å². The summed E-state index contributed by atoms with van der Waals surface area (Å²) in [6.07, 6.45) is -4.62. The number of anilines is 1. The van der Waals surface area contributed by atoms with Crippen molar-refractivity contribution >= 4 is 17.6 Å². The molecular formula is C25H19F3N4O2. The molecule has 0 bridgehead atoms. The Morgan fingerprint density at radius 2 is 1.53 bits per heavy atom. The molecule has 0 saturated carbocycles. The summed E-state index contributed by atoms with van der Waals surface area (Å²) in [5.41, 5.74) is 1.57. The lowest BCUT2D eigenvalue weighted by Gasteiger charge is -2.11. The molecule has 2 N–H and O–H groups in total. The molecule has 172 valence electrons. The normalized spacial score (nSPS) is 11.2. The topological polar surface area (TPSA) is 76.0 Å². The zero-order valence-electron chi connectivity index (χ0n) is 17.9. The summed E-state index contributed by atoms with van der Waals surface area (Å²) in [5, 5.41) is 8.83. The van der Waals surface area contributed by atoms with Gasteiger partial charge in [-0.05, 0) is 49.4 Å². The van der Waals surface area contributed by atoms with Crippen molar-refractivity contribution in [2.24, 2.45) is 0 Å². The average molecular weight is 464 g/mol. The number of rotatable bonds is 4. The highest BCUT2D eigenvalue weighted by Crippen LogP contribution is 2.34. The maximum atomic E-state index is 13.6. The van der Waals surface area contributed by atoms with Crippen LogP contribution in [0, 0.1) is 6.92 Å². The van der Waals surface area contributed by atoms with Crippen LogP contribution in [0.4, 0.5) is 23.7 Å². The van der Waals surface area contributed by atoms with Crippen LogP contribution in [0.15, 0.2) is 84.9 Å². The SMILES string of the molecule is Cc1ccc(C(=O)NC(=O)Nc2ccc(-n3nc(-c4ccccc4)cc3C(F)(F)F)cc2)cc1. The first kappa shape index (κ1) is 22.8. The fraction of sp³-hybridized carbons (Fsp3) is 0.0800. The molecule has 0 atom stereocenters. The number of imide groups is 1. The van der Waals surface area contributed by atoms with E-state index in [1.54, 1.807) is 54.6 Å². The van der Waals surface area contributed by atoms with E-state index in [1.807, 2.05) is 6.92 Å². The van der Waals surface area contributed by atoms with Crippen LogP contribution < -0.4 is 10.6 Å². The number of hydrogen-bond acceptors (Lipinski definition) is 3. The van der Waals surface area contributed by atoms with Crippen LogP contribution in [0.3, 0.4) is 0 Å². The molecule has 0 fully saturated rings. The third-order valence-corrected chi connectivity index (χ3v) is 4.98. The number of nitrogens with one attached hydrogen (secondary N) is 2. The molecule has 9 heteroatoms. The van der Waals surface area contributed by atoms with Crippen LogP contribution >= 0.6 is 0 Å². The number of urea groups is 1. The third kappa shape index (κ3) is 5.15. The van der Waals surface area contributed by atoms with Gasteiger partial charge in [0.25, 0.3) is 5.91 Å². The van der Waals surface area contributed by atoms with Crippen molar-refractivity contribution in [2.75, 3.05) is 5.32 Å². The van der Waals surface area contributed by atoms with Crippen molar-refractivity contribution < 1.29 is 22.8 Å². The van der Waals surface area contributed by atoms with Gasteiger partial charge in [0, 0.05) is 16.8 Å². The van der Waals surface area contributed by atoms with Gasteiger partial charge >= 0.3 is 12.2 Å². The van der Waals surface area contributed by atoms with Gasteiger partial charge in [0.15, 0.2) is 0 Å². The summed E-state index contributed by atoms with van der Waals surface area (Å²) < 4.78 is 41.7. The summed E-state index contributed by atoms with van der Waals surface area (Å²) >= 11 is 0. The summed E-state index contributed by atoms with van der Waals surface area (Å²) in [5.74, 6) is -0.575. The lowest BCUT2D eigenvalue weighted by Crippen LogP contribution is -2.34. The monoisotopic (exact) mass is 464 g/mol. The lowest BCUT2D eigenvalue weighted by atomic mass is 10.1. The molecular weight excluding hydrogens is 445 g/mol. The predicted octanol–water partition coefficient (Wildman–Crippen LogP) is 5.83. The molecule has 0 aliphatic carbocycles. The molecule has 4 aromatic rings. The van der Waals surface area contributed by atoms with Crippen LogP contribution in [-0.2, 0) is 6.18 Å². The largest absolute Gasteiger partial charge is 0.433 e. The Labute approximate surface area is 193 Å². The van der Waals surface area contributed by atoms with E-state index >= 15 is 0 Å². The van der Waals surface area contributed by atoms with Gasteiger partial charge < -0.3 is 5.32 Å². The van der Waals surface area contributed by atoms with E-state index < -0.39 is 23.8 Å². The third-order valence-electron chi connectivity index (χ3n) is 4.98. The lowest BCUT2D eigenvalue weighted by molar-refractivity contribution is -0.142. The van der Waals surface area contributed by atoms with Crippen LogP contribution in [-0.4, -0.2) is 21.7 Å². The molecule has 6 nitrogen and oxygen atoms in total. The summed E-state index contributed by atoms with van der Waals surface area (Å²) in [4.78, 5) is 24.3. The molecule has 1 heterocycles. The van der Waals surface area contributed by atoms with Crippen molar-refractivity contribution in [2.45, 2.75) is 13.1 Å². The van der Waals surface area contributed by atoms with Crippen molar-refractivity contribution in [1.82, 2.24) is 15.1 Å². The maximum absolute atomic E-state index is 13.6. The van der Waals surface area contributed by atoms with Gasteiger partial charge in [0.2, 0.25) is 0 Å². The minimum atomic E-state index is -4.62. The quantitative estimate of drug-likeness (QED) is 0.399. The number of alkyl halides is 3. The number of benzene rings is 3. The fourth-order valence-electron chi connectivity index (χ4n) is 3.26. The number of aromatic nitrogens is 2. The highest BCUT2D eigenvalue weighted by molar-refractivity contribution is 6.07. The number of carbonyl (C=O) groups excluding carboxylic acids is 2. The van der Waals surface area contributed by atoms with E-state index in [0.717, 1.165) is 16.3 Å². The highest BCUT2D eigenvalue weighted by Gasteiger charge is 2.36. The number of carbonyl (C=O) groups is 2. The average Bonchev–Trinajstić information content (AvgIpc) is 3.27. The molecule has 0 spiro atoms. The maximum Gasteiger partial charge on any atom is 0.433 e. The number of hydrogen-bond donors (Lipinski definition) is 2. The van der Waals surface area contributed by atoms with Gasteiger partial charge in [-0.3, -0.25) is 10.1 Å². The number of amides is 3. The van der Waals surface area contributed by atoms with E-state index in [-0.39, 0.29) is 11.4 Å². The van der Waals surface area contributed by atoms with E-state index in [4.69, 9.17) is 0 Å². The molecule has 1 aromatic heterocycles. The molecule has 0 saturated heterocycles. The zero-order valence-corrected chi connectivity index (χ0v) is 17.9. The highest BCUT2D eigenvalue weighted by atomic mass is 19.4. The van der Waals surface area contributed by atoms with E-state index in [2.05, 4.69) is 15.7 Å². The van der Waals surface area contributed by atoms with Crippen molar-refractivity contribution in [1.29, 1.82) is 0 Å². The summed E-state index contributed by atoms with van der Waals surface area (Å²) in [6.45, 7) is 1.88. The zero-order chi connectivity index (χ0) is 24.3. The van der Waals surface area contributed by atoms with Gasteiger partial charge in [-0.25, -0.2) is 9.48 Å². The molecule has 0 radical (unpaired) electrons. The van der Waals surface area contributed by atoms with Crippen LogP contribution in [0.1, 0.15) is 21.6 Å². The molecule has 34 heavy (non-hydrogen) atoms. The van der Waals surface area contributed by atoms with Crippen molar-refractivity contribution in [3.05, 3.63) is 102 Å². The van der Waals surface area contributed by atoms with E-state index in [9.17, 15) is 22.8 Å². The van der Waals surface area contributed by atoms with E-state index in [1.165, 1.54) is 24.3 Å². The van der Waals surface area contributed by atoms with Crippen LogP contribution in [0.5, 0.6) is 0 Å². The van der Waals surface area contributed by atoms with E-state index in [0.29, 0.717) is 16.8 Å². The molecule has 3 amide bonds. The Morgan fingerprint density at radius 3 is 2.15 bits per heavy atom. The standard InChI is InChI=1S/C25H19F3N4O2/c1-16-7-9-18(10-8-16)23(33)30-24(34)29-19-11-13-20(14-12-19)32-22(25(26,27)28)15-21(31-32)17-5-3-2-4-6-17/h2-15H,1H3,(H2,29,30,33,34). The summed E-state index contributed by atoms with van der Waals surface area (Å²) in [6, 6.07) is 21.1. The molecule has 0 aliphatic rings. The second-order valence-corrected chi connectivity index (χ2v) is 7.51. The Morgan fingerprint density at radius 1 is 0.882 bits per heavy atom. The number of nitrogens with zero attached hydrogens (tertiary/aromatic N) is 2. The van der Waals surface area contributed by atoms with Gasteiger partial charge in [0.1, 0.15) is 5.69 Å². The smallest absolute Gasteiger partial charge is 0.308 e. The van der Waals surface area contributed by atoms with Crippen LogP contribution in [0.25, 0.3) is 16.9 Å². The second kappa shape index (κ2) is 9.22. The minimum absolute atomic E-state index is 0.163. The second-order valence-electron chi connectivity index (χ2n) is 7.51. The van der Waals surface area contributed by atoms with Crippen molar-refractivity contribution in [3.8, 4) is 16.9 Å². The summed E-state index contributed by atoms with van der Waals surface area (Å²) in [7, 11) is 0. The Balaban J connectivity index is 1.51. The molecule has 4 rings (SSSR count). The first-order valence-electron chi connectivity index (χ1n) is 10.2. The Kier molecular flexibility index (Phi) is 6.18. The number of aryl methyl sites for hydroxylation is 1.